The fourth-order valence-electron chi connectivity index (χ4n) is 3.09. The van der Waals surface area contributed by atoms with Crippen molar-refractivity contribution in [1.82, 2.24) is 4.90 Å². The molecular formula is C16H23NO4. The van der Waals surface area contributed by atoms with Gasteiger partial charge in [0.2, 0.25) is 0 Å². The first-order chi connectivity index (χ1) is 9.97. The van der Waals surface area contributed by atoms with Crippen LogP contribution in [0.4, 0.5) is 0 Å². The molecule has 0 bridgehead atoms. The molecule has 0 aliphatic carbocycles. The topological polar surface area (TPSA) is 81.0 Å². The summed E-state index contributed by atoms with van der Waals surface area (Å²) in [6, 6.07) is 4.58. The molecule has 1 aliphatic heterocycles. The van der Waals surface area contributed by atoms with Gasteiger partial charge in [0.15, 0.2) is 0 Å². The summed E-state index contributed by atoms with van der Waals surface area (Å²) >= 11 is 0. The highest BCUT2D eigenvalue weighted by molar-refractivity contribution is 5.66. The van der Waals surface area contributed by atoms with Crippen LogP contribution in [0.15, 0.2) is 18.2 Å². The first kappa shape index (κ1) is 15.6. The van der Waals surface area contributed by atoms with E-state index < -0.39 is 5.97 Å². The van der Waals surface area contributed by atoms with E-state index in [9.17, 15) is 15.0 Å². The van der Waals surface area contributed by atoms with Crippen LogP contribution in [-0.4, -0.2) is 39.3 Å². The normalized spacial score (nSPS) is 21.1. The highest BCUT2D eigenvalue weighted by Crippen LogP contribution is 2.34. The van der Waals surface area contributed by atoms with Gasteiger partial charge < -0.3 is 15.3 Å². The average Bonchev–Trinajstić information content (AvgIpc) is 2.47. The van der Waals surface area contributed by atoms with Crippen LogP contribution in [-0.2, 0) is 4.79 Å². The molecule has 1 aromatic rings. The van der Waals surface area contributed by atoms with E-state index in [0.717, 1.165) is 25.9 Å². The molecule has 0 saturated carbocycles. The SMILES string of the molecule is CC(c1cc(O)ccc1O)N1CCCC(CCC(=O)O)C1. The standard InChI is InChI=1S/C16H23NO4/c1-11(14-9-13(18)5-6-15(14)19)17-8-2-3-12(10-17)4-7-16(20)21/h5-6,9,11-12,18-19H,2-4,7-8,10H2,1H3,(H,20,21). The maximum absolute atomic E-state index is 10.7. The van der Waals surface area contributed by atoms with Crippen molar-refractivity contribution in [2.45, 2.75) is 38.6 Å². The van der Waals surface area contributed by atoms with Gasteiger partial charge in [0.05, 0.1) is 0 Å². The third-order valence-corrected chi connectivity index (χ3v) is 4.33. The van der Waals surface area contributed by atoms with Crippen molar-refractivity contribution in [2.24, 2.45) is 5.92 Å². The van der Waals surface area contributed by atoms with Crippen LogP contribution < -0.4 is 0 Å². The molecule has 0 aromatic heterocycles. The Kier molecular flexibility index (Phi) is 5.07. The van der Waals surface area contributed by atoms with E-state index in [1.807, 2.05) is 6.92 Å². The zero-order valence-corrected chi connectivity index (χ0v) is 12.3. The molecule has 1 aliphatic rings. The molecular weight excluding hydrogens is 270 g/mol. The van der Waals surface area contributed by atoms with E-state index in [4.69, 9.17) is 5.11 Å². The number of piperidine rings is 1. The zero-order chi connectivity index (χ0) is 15.4. The molecule has 1 fully saturated rings. The van der Waals surface area contributed by atoms with Gasteiger partial charge in [-0.15, -0.1) is 0 Å². The van der Waals surface area contributed by atoms with Crippen LogP contribution in [0, 0.1) is 5.92 Å². The Morgan fingerprint density at radius 1 is 1.43 bits per heavy atom. The molecule has 3 N–H and O–H groups in total. The number of benzene rings is 1. The predicted octanol–water partition coefficient (Wildman–Crippen LogP) is 2.74. The monoisotopic (exact) mass is 293 g/mol. The van der Waals surface area contributed by atoms with Gasteiger partial charge in [-0.2, -0.15) is 0 Å². The highest BCUT2D eigenvalue weighted by atomic mass is 16.4. The molecule has 5 nitrogen and oxygen atoms in total. The first-order valence-corrected chi connectivity index (χ1v) is 7.45. The summed E-state index contributed by atoms with van der Waals surface area (Å²) < 4.78 is 0. The van der Waals surface area contributed by atoms with Crippen molar-refractivity contribution in [3.63, 3.8) is 0 Å². The molecule has 2 atom stereocenters. The number of aromatic hydroxyl groups is 2. The summed E-state index contributed by atoms with van der Waals surface area (Å²) in [5.74, 6) is -0.0235. The van der Waals surface area contributed by atoms with E-state index in [0.29, 0.717) is 17.9 Å². The number of carbonyl (C=O) groups is 1. The average molecular weight is 293 g/mol. The largest absolute Gasteiger partial charge is 0.508 e. The lowest BCUT2D eigenvalue weighted by molar-refractivity contribution is -0.137. The van der Waals surface area contributed by atoms with Crippen molar-refractivity contribution in [2.75, 3.05) is 13.1 Å². The van der Waals surface area contributed by atoms with Crippen LogP contribution >= 0.6 is 0 Å². The summed E-state index contributed by atoms with van der Waals surface area (Å²) in [6.07, 6.45) is 3.01. The van der Waals surface area contributed by atoms with Gasteiger partial charge in [-0.3, -0.25) is 9.69 Å². The smallest absolute Gasteiger partial charge is 0.303 e. The van der Waals surface area contributed by atoms with Gasteiger partial charge in [-0.05, 0) is 56.8 Å². The highest BCUT2D eigenvalue weighted by Gasteiger charge is 2.26. The lowest BCUT2D eigenvalue weighted by Gasteiger charge is -2.37. The molecule has 1 aromatic carbocycles. The van der Waals surface area contributed by atoms with Crippen LogP contribution in [0.5, 0.6) is 11.5 Å². The van der Waals surface area contributed by atoms with Gasteiger partial charge >= 0.3 is 5.97 Å². The van der Waals surface area contributed by atoms with Crippen LogP contribution in [0.25, 0.3) is 0 Å². The molecule has 0 spiro atoms. The summed E-state index contributed by atoms with van der Waals surface area (Å²) in [5.41, 5.74) is 0.717. The molecule has 0 radical (unpaired) electrons. The maximum atomic E-state index is 10.7. The Bertz CT molecular complexity index is 503. The van der Waals surface area contributed by atoms with E-state index in [1.165, 1.54) is 12.1 Å². The molecule has 2 rings (SSSR count). The van der Waals surface area contributed by atoms with Gasteiger partial charge in [-0.25, -0.2) is 0 Å². The lowest BCUT2D eigenvalue weighted by atomic mass is 9.91. The minimum Gasteiger partial charge on any atom is -0.508 e. The zero-order valence-electron chi connectivity index (χ0n) is 12.3. The molecule has 1 heterocycles. The Hall–Kier alpha value is -1.75. The van der Waals surface area contributed by atoms with Crippen LogP contribution in [0.2, 0.25) is 0 Å². The van der Waals surface area contributed by atoms with E-state index in [-0.39, 0.29) is 24.0 Å². The number of aliphatic carboxylic acids is 1. The Morgan fingerprint density at radius 3 is 2.90 bits per heavy atom. The molecule has 21 heavy (non-hydrogen) atoms. The van der Waals surface area contributed by atoms with Crippen molar-refractivity contribution >= 4 is 5.97 Å². The molecule has 2 unspecified atom stereocenters. The quantitative estimate of drug-likeness (QED) is 0.727. The second-order valence-corrected chi connectivity index (χ2v) is 5.85. The number of rotatable bonds is 5. The Balaban J connectivity index is 2.03. The summed E-state index contributed by atoms with van der Waals surface area (Å²) in [4.78, 5) is 12.9. The fraction of sp³-hybridized carbons (Fsp3) is 0.562. The van der Waals surface area contributed by atoms with Crippen molar-refractivity contribution in [3.05, 3.63) is 23.8 Å². The summed E-state index contributed by atoms with van der Waals surface area (Å²) in [6.45, 7) is 3.78. The van der Waals surface area contributed by atoms with Crippen molar-refractivity contribution in [1.29, 1.82) is 0 Å². The number of phenols is 2. The second kappa shape index (κ2) is 6.80. The van der Waals surface area contributed by atoms with Crippen LogP contribution in [0.3, 0.4) is 0 Å². The minimum absolute atomic E-state index is 0.00438. The van der Waals surface area contributed by atoms with Crippen molar-refractivity contribution in [3.8, 4) is 11.5 Å². The van der Waals surface area contributed by atoms with Crippen molar-refractivity contribution < 1.29 is 20.1 Å². The number of likely N-dealkylation sites (tertiary alicyclic amines) is 1. The number of carboxylic acid groups (broad SMARTS) is 1. The van der Waals surface area contributed by atoms with E-state index in [2.05, 4.69) is 4.90 Å². The van der Waals surface area contributed by atoms with Gasteiger partial charge in [0, 0.05) is 24.6 Å². The Labute approximate surface area is 124 Å². The first-order valence-electron chi connectivity index (χ1n) is 7.45. The number of phenolic OH excluding ortho intramolecular Hbond substituents is 2. The van der Waals surface area contributed by atoms with E-state index in [1.54, 1.807) is 6.07 Å². The minimum atomic E-state index is -0.745. The second-order valence-electron chi connectivity index (χ2n) is 5.85. The molecule has 116 valence electrons. The van der Waals surface area contributed by atoms with Gasteiger partial charge in [0.1, 0.15) is 11.5 Å². The fourth-order valence-corrected chi connectivity index (χ4v) is 3.09. The predicted molar refractivity (Wildman–Crippen MR) is 79.4 cm³/mol. The molecule has 0 amide bonds. The number of hydrogen-bond acceptors (Lipinski definition) is 4. The maximum Gasteiger partial charge on any atom is 0.303 e. The third kappa shape index (κ3) is 4.11. The van der Waals surface area contributed by atoms with E-state index >= 15 is 0 Å². The van der Waals surface area contributed by atoms with Gasteiger partial charge in [0.25, 0.3) is 0 Å². The van der Waals surface area contributed by atoms with Crippen LogP contribution in [0.1, 0.15) is 44.2 Å². The number of nitrogens with zero attached hydrogens (tertiary/aromatic N) is 1. The summed E-state index contributed by atoms with van der Waals surface area (Å²) in [7, 11) is 0. The molecule has 1 saturated heterocycles. The molecule has 5 heteroatoms. The lowest BCUT2D eigenvalue weighted by Crippen LogP contribution is -2.37. The Morgan fingerprint density at radius 2 is 2.19 bits per heavy atom. The third-order valence-electron chi connectivity index (χ3n) is 4.33. The number of hydrogen-bond donors (Lipinski definition) is 3. The summed E-state index contributed by atoms with van der Waals surface area (Å²) in [5, 5.41) is 28.3. The van der Waals surface area contributed by atoms with Gasteiger partial charge in [-0.1, -0.05) is 0 Å². The number of carboxylic acids is 1.